The number of amides is 1. The second-order valence-corrected chi connectivity index (χ2v) is 10.6. The van der Waals surface area contributed by atoms with E-state index in [4.69, 9.17) is 14.2 Å². The summed E-state index contributed by atoms with van der Waals surface area (Å²) in [6, 6.07) is 23.9. The second kappa shape index (κ2) is 13.9. The van der Waals surface area contributed by atoms with Crippen molar-refractivity contribution < 1.29 is 29.2 Å². The van der Waals surface area contributed by atoms with Crippen LogP contribution in [0.3, 0.4) is 0 Å². The molecule has 8 heteroatoms. The van der Waals surface area contributed by atoms with Gasteiger partial charge in [0.05, 0.1) is 24.9 Å². The Balaban J connectivity index is 1.32. The summed E-state index contributed by atoms with van der Waals surface area (Å²) in [6.45, 7) is 6.32. The van der Waals surface area contributed by atoms with Crippen LogP contribution in [0.1, 0.15) is 47.5 Å². The van der Waals surface area contributed by atoms with E-state index in [0.29, 0.717) is 19.5 Å². The van der Waals surface area contributed by atoms with Gasteiger partial charge in [-0.25, -0.2) is 4.79 Å². The summed E-state index contributed by atoms with van der Waals surface area (Å²) >= 11 is 0. The third kappa shape index (κ3) is 7.61. The van der Waals surface area contributed by atoms with Gasteiger partial charge in [-0.05, 0) is 34.2 Å². The zero-order valence-corrected chi connectivity index (χ0v) is 23.2. The number of alkyl carbamates (subject to hydrolysis) is 1. The Kier molecular flexibility index (Phi) is 9.82. The summed E-state index contributed by atoms with van der Waals surface area (Å²) in [7, 11) is 0. The Hall–Kier alpha value is -3.53. The van der Waals surface area contributed by atoms with Gasteiger partial charge in [-0.3, -0.25) is 4.90 Å². The van der Waals surface area contributed by atoms with Gasteiger partial charge in [0.15, 0.2) is 6.29 Å². The van der Waals surface area contributed by atoms with E-state index in [-0.39, 0.29) is 31.5 Å². The number of ether oxygens (including phenoxy) is 3. The van der Waals surface area contributed by atoms with E-state index in [1.165, 1.54) is 6.08 Å². The number of carbonyl (C=O) groups excluding carboxylic acids is 1. The summed E-state index contributed by atoms with van der Waals surface area (Å²) < 4.78 is 18.0. The molecule has 0 aliphatic carbocycles. The van der Waals surface area contributed by atoms with Gasteiger partial charge >= 0.3 is 6.09 Å². The van der Waals surface area contributed by atoms with Crippen LogP contribution in [-0.4, -0.2) is 59.7 Å². The molecular formula is C33H38N2O6. The highest BCUT2D eigenvalue weighted by atomic mass is 16.7. The van der Waals surface area contributed by atoms with Crippen LogP contribution in [0.4, 0.5) is 4.79 Å². The first-order valence-electron chi connectivity index (χ1n) is 14.1. The van der Waals surface area contributed by atoms with E-state index in [9.17, 15) is 15.0 Å². The topological polar surface area (TPSA) is 100 Å². The molecule has 41 heavy (non-hydrogen) atoms. The number of aliphatic hydroxyl groups is 2. The molecule has 2 heterocycles. The Labute approximate surface area is 241 Å². The number of aliphatic hydroxyl groups excluding tert-OH is 2. The van der Waals surface area contributed by atoms with Crippen LogP contribution in [-0.2, 0) is 27.4 Å². The van der Waals surface area contributed by atoms with Crippen molar-refractivity contribution in [3.63, 3.8) is 0 Å². The summed E-state index contributed by atoms with van der Waals surface area (Å²) in [5.74, 6) is 0. The molecule has 0 radical (unpaired) electrons. The van der Waals surface area contributed by atoms with Crippen LogP contribution in [0.5, 0.6) is 0 Å². The van der Waals surface area contributed by atoms with Gasteiger partial charge < -0.3 is 29.7 Å². The van der Waals surface area contributed by atoms with Crippen molar-refractivity contribution in [3.05, 3.63) is 108 Å². The third-order valence-electron chi connectivity index (χ3n) is 7.59. The number of carbonyl (C=O) groups is 1. The molecule has 0 bridgehead atoms. The fourth-order valence-electron chi connectivity index (χ4n) is 5.43. The van der Waals surface area contributed by atoms with Crippen LogP contribution >= 0.6 is 0 Å². The lowest BCUT2D eigenvalue weighted by Gasteiger charge is -2.38. The second-order valence-electron chi connectivity index (χ2n) is 10.6. The lowest BCUT2D eigenvalue weighted by Crippen LogP contribution is -2.38. The van der Waals surface area contributed by atoms with E-state index < -0.39 is 12.4 Å². The molecule has 4 atom stereocenters. The van der Waals surface area contributed by atoms with Crippen LogP contribution < -0.4 is 5.32 Å². The zero-order valence-electron chi connectivity index (χ0n) is 23.2. The molecule has 2 fully saturated rings. The predicted molar refractivity (Wildman–Crippen MR) is 156 cm³/mol. The Bertz CT molecular complexity index is 1300. The lowest BCUT2D eigenvalue weighted by molar-refractivity contribution is -0.252. The van der Waals surface area contributed by atoms with Crippen LogP contribution in [0.15, 0.2) is 85.5 Å². The van der Waals surface area contributed by atoms with Gasteiger partial charge in [0, 0.05) is 38.2 Å². The maximum absolute atomic E-state index is 11.9. The first-order chi connectivity index (χ1) is 20.0. The normalized spacial score (nSPS) is 22.8. The number of benzene rings is 3. The molecule has 0 unspecified atom stereocenters. The van der Waals surface area contributed by atoms with Crippen molar-refractivity contribution >= 4 is 6.09 Å². The lowest BCUT2D eigenvalue weighted by atomic mass is 9.97. The third-order valence-corrected chi connectivity index (χ3v) is 7.59. The molecule has 8 nitrogen and oxygen atoms in total. The highest BCUT2D eigenvalue weighted by molar-refractivity contribution is 5.70. The van der Waals surface area contributed by atoms with E-state index in [2.05, 4.69) is 16.8 Å². The quantitative estimate of drug-likeness (QED) is 0.305. The monoisotopic (exact) mass is 558 g/mol. The standard InChI is InChI=1S/C33H38N2O6/c1-2-17-39-33(38)34-19-27-5-3-4-6-30(27)24-11-13-26(14-12-24)32-40-29(21-35-16-15-28(37)20-35)18-31(41-32)25-9-7-23(22-36)8-10-25/h2-14,28-29,31-32,36-37H,1,15-22H2,(H,34,38)/t28-,29+,31-,32-/m0/s1. The molecule has 0 spiro atoms. The maximum Gasteiger partial charge on any atom is 0.407 e. The summed E-state index contributed by atoms with van der Waals surface area (Å²) in [5.41, 5.74) is 5.83. The molecule has 2 aliphatic heterocycles. The molecule has 3 aromatic carbocycles. The average molecular weight is 559 g/mol. The largest absolute Gasteiger partial charge is 0.445 e. The van der Waals surface area contributed by atoms with Crippen LogP contribution in [0.2, 0.25) is 0 Å². The zero-order chi connectivity index (χ0) is 28.6. The van der Waals surface area contributed by atoms with Crippen LogP contribution in [0.25, 0.3) is 11.1 Å². The van der Waals surface area contributed by atoms with Crippen molar-refractivity contribution in [1.29, 1.82) is 0 Å². The van der Waals surface area contributed by atoms with E-state index >= 15 is 0 Å². The molecule has 2 aliphatic rings. The molecule has 1 amide bonds. The number of nitrogens with zero attached hydrogens (tertiary/aromatic N) is 1. The minimum absolute atomic E-state index is 0.00237. The number of β-amino-alcohol motifs (C(OH)–C–C–N with tert-alkyl or cyclic N) is 1. The number of hydrogen-bond acceptors (Lipinski definition) is 7. The number of hydrogen-bond donors (Lipinski definition) is 3. The van der Waals surface area contributed by atoms with Gasteiger partial charge in [-0.15, -0.1) is 0 Å². The summed E-state index contributed by atoms with van der Waals surface area (Å²) in [6.07, 6.45) is 1.48. The molecule has 3 aromatic rings. The number of rotatable bonds is 10. The predicted octanol–water partition coefficient (Wildman–Crippen LogP) is 4.87. The SMILES string of the molecule is C=CCOC(=O)NCc1ccccc1-c1ccc([C@H]2O[C@@H](CN3CC[C@H](O)C3)C[C@@H](c3ccc(CO)cc3)O2)cc1. The Morgan fingerprint density at radius 1 is 1.05 bits per heavy atom. The van der Waals surface area contributed by atoms with E-state index in [0.717, 1.165) is 52.9 Å². The average Bonchev–Trinajstić information content (AvgIpc) is 3.43. The van der Waals surface area contributed by atoms with Gasteiger partial charge in [0.1, 0.15) is 6.61 Å². The number of likely N-dealkylation sites (tertiary alicyclic amines) is 1. The van der Waals surface area contributed by atoms with E-state index in [1.54, 1.807) is 0 Å². The fraction of sp³-hybridized carbons (Fsp3) is 0.364. The van der Waals surface area contributed by atoms with Crippen molar-refractivity contribution in [2.75, 3.05) is 26.2 Å². The molecule has 3 N–H and O–H groups in total. The van der Waals surface area contributed by atoms with Crippen LogP contribution in [0, 0.1) is 0 Å². The van der Waals surface area contributed by atoms with Gasteiger partial charge in [-0.2, -0.15) is 0 Å². The first-order valence-corrected chi connectivity index (χ1v) is 14.1. The molecule has 5 rings (SSSR count). The van der Waals surface area contributed by atoms with Gasteiger partial charge in [-0.1, -0.05) is 85.5 Å². The maximum atomic E-state index is 11.9. The van der Waals surface area contributed by atoms with Crippen molar-refractivity contribution in [2.24, 2.45) is 0 Å². The molecule has 216 valence electrons. The highest BCUT2D eigenvalue weighted by Gasteiger charge is 2.34. The smallest absolute Gasteiger partial charge is 0.407 e. The van der Waals surface area contributed by atoms with E-state index in [1.807, 2.05) is 72.8 Å². The van der Waals surface area contributed by atoms with Gasteiger partial charge in [0.25, 0.3) is 0 Å². The molecule has 0 saturated carbocycles. The molecular weight excluding hydrogens is 520 g/mol. The minimum atomic E-state index is -0.547. The number of nitrogens with one attached hydrogen (secondary N) is 1. The Morgan fingerprint density at radius 2 is 1.80 bits per heavy atom. The summed E-state index contributed by atoms with van der Waals surface area (Å²) in [5, 5.41) is 22.3. The van der Waals surface area contributed by atoms with Crippen molar-refractivity contribution in [2.45, 2.75) is 50.6 Å². The summed E-state index contributed by atoms with van der Waals surface area (Å²) in [4.78, 5) is 14.2. The minimum Gasteiger partial charge on any atom is -0.445 e. The highest BCUT2D eigenvalue weighted by Crippen LogP contribution is 2.39. The van der Waals surface area contributed by atoms with Crippen molar-refractivity contribution in [1.82, 2.24) is 10.2 Å². The van der Waals surface area contributed by atoms with Crippen molar-refractivity contribution in [3.8, 4) is 11.1 Å². The van der Waals surface area contributed by atoms with Gasteiger partial charge in [0.2, 0.25) is 0 Å². The molecule has 2 saturated heterocycles. The molecule has 0 aromatic heterocycles. The fourth-order valence-corrected chi connectivity index (χ4v) is 5.43. The first kappa shape index (κ1) is 29.0. The Morgan fingerprint density at radius 3 is 2.51 bits per heavy atom.